The van der Waals surface area contributed by atoms with Crippen LogP contribution in [0, 0.1) is 23.7 Å². The molecule has 3 aliphatic rings. The van der Waals surface area contributed by atoms with Gasteiger partial charge in [-0.05, 0) is 107 Å². The Morgan fingerprint density at radius 3 is 2.12 bits per heavy atom. The van der Waals surface area contributed by atoms with Gasteiger partial charge in [-0.3, -0.25) is 4.79 Å². The molecule has 56 heavy (non-hydrogen) atoms. The topological polar surface area (TPSA) is 158 Å². The second-order valence-electron chi connectivity index (χ2n) is 19.1. The summed E-state index contributed by atoms with van der Waals surface area (Å²) in [7, 11) is 3.56. The Bertz CT molecular complexity index is 1270. The number of cyclic esters (lactones) is 1. The van der Waals surface area contributed by atoms with Crippen LogP contribution in [0.5, 0.6) is 0 Å². The first-order valence-electron chi connectivity index (χ1n) is 21.3. The molecule has 0 aromatic rings. The van der Waals surface area contributed by atoms with Crippen molar-refractivity contribution in [2.45, 2.75) is 212 Å². The molecule has 328 valence electrons. The first-order chi connectivity index (χ1) is 25.8. The van der Waals surface area contributed by atoms with Gasteiger partial charge in [-0.2, -0.15) is 0 Å². The second-order valence-corrected chi connectivity index (χ2v) is 23.6. The number of oxime groups is 1. The summed E-state index contributed by atoms with van der Waals surface area (Å²) >= 11 is 0. The van der Waals surface area contributed by atoms with E-state index < -0.39 is 91.8 Å². The largest absolute Gasteiger partial charge is 0.459 e. The molecule has 0 unspecified atom stereocenters. The summed E-state index contributed by atoms with van der Waals surface area (Å²) in [5.41, 5.74) is -2.50. The lowest BCUT2D eigenvalue weighted by Crippen LogP contribution is -2.62. The van der Waals surface area contributed by atoms with E-state index >= 15 is 0 Å². The maximum atomic E-state index is 13.8. The van der Waals surface area contributed by atoms with Gasteiger partial charge in [0.1, 0.15) is 17.8 Å². The standard InChI is InChI=1S/C42H80N2O11Si/c1-17-32-41(10,48)36(46)28(6)33(43-55-42(53-25(2)3)21-19-18-20-22-42)26(4)24-40(9,49-13)37(29(7)34(45)30(8)38(47)51-32)52-39-35(54-56(14,15)16)31(44(11)12)23-27(5)50-39/h25-32,34-37,39,45-46,48H,17-24H2,1-16H3/b43-33+/t26-,27-,28+,29+,30-,31+,32-,34+,35-,36-,37-,39+,40-,41-/m1/s1. The van der Waals surface area contributed by atoms with Crippen LogP contribution in [0.3, 0.4) is 0 Å². The van der Waals surface area contributed by atoms with Gasteiger partial charge < -0.3 is 53.2 Å². The summed E-state index contributed by atoms with van der Waals surface area (Å²) in [4.78, 5) is 22.5. The molecule has 0 radical (unpaired) electrons. The van der Waals surface area contributed by atoms with E-state index in [0.29, 0.717) is 25.0 Å². The third-order valence-corrected chi connectivity index (χ3v) is 13.4. The SMILES string of the molecule is CC[C@H]1OC(=O)[C@H](C)[C@@H](O)[C@H](C)[C@@H](O[C@@H]2O[C@H](C)C[C@H](N(C)C)[C@H]2O[Si](C)(C)C)[C@](C)(OC)C[C@@H](C)/C(=N\OC2(OC(C)C)CCCCC2)[C@H](C)[C@@H](O)[C@]1(C)O. The highest BCUT2D eigenvalue weighted by Crippen LogP contribution is 2.41. The molecule has 13 nitrogen and oxygen atoms in total. The number of ether oxygens (including phenoxy) is 5. The summed E-state index contributed by atoms with van der Waals surface area (Å²) in [5.74, 6) is -4.49. The average Bonchev–Trinajstić information content (AvgIpc) is 3.11. The molecule has 0 aromatic heterocycles. The zero-order valence-corrected chi connectivity index (χ0v) is 38.7. The van der Waals surface area contributed by atoms with Crippen molar-refractivity contribution in [3.05, 3.63) is 0 Å². The van der Waals surface area contributed by atoms with Crippen LogP contribution in [-0.2, 0) is 37.7 Å². The highest BCUT2D eigenvalue weighted by molar-refractivity contribution is 6.69. The number of nitrogens with zero attached hydrogens (tertiary/aromatic N) is 2. The van der Waals surface area contributed by atoms with Crippen molar-refractivity contribution in [1.29, 1.82) is 0 Å². The molecule has 0 amide bonds. The zero-order valence-electron chi connectivity index (χ0n) is 37.7. The Hall–Kier alpha value is -1.20. The quantitative estimate of drug-likeness (QED) is 0.0932. The number of esters is 1. The molecule has 1 saturated carbocycles. The van der Waals surface area contributed by atoms with Crippen LogP contribution in [0.1, 0.15) is 121 Å². The third-order valence-electron chi connectivity index (χ3n) is 12.4. The van der Waals surface area contributed by atoms with Crippen LogP contribution in [0.15, 0.2) is 5.16 Å². The fraction of sp³-hybridized carbons (Fsp3) is 0.952. The Balaban J connectivity index is 2.24. The van der Waals surface area contributed by atoms with Crippen LogP contribution in [0.2, 0.25) is 19.6 Å². The first-order valence-corrected chi connectivity index (χ1v) is 24.7. The highest BCUT2D eigenvalue weighted by atomic mass is 28.4. The van der Waals surface area contributed by atoms with Crippen molar-refractivity contribution in [2.75, 3.05) is 21.2 Å². The summed E-state index contributed by atoms with van der Waals surface area (Å²) in [6.45, 7) is 24.9. The Morgan fingerprint density at radius 2 is 1.61 bits per heavy atom. The minimum absolute atomic E-state index is 0.00648. The molecule has 0 spiro atoms. The lowest BCUT2D eigenvalue weighted by molar-refractivity contribution is -0.298. The predicted octanol–water partition coefficient (Wildman–Crippen LogP) is 6.26. The maximum absolute atomic E-state index is 13.8. The van der Waals surface area contributed by atoms with Crippen LogP contribution >= 0.6 is 0 Å². The lowest BCUT2D eigenvalue weighted by atomic mass is 9.73. The van der Waals surface area contributed by atoms with Crippen LogP contribution in [0.25, 0.3) is 0 Å². The van der Waals surface area contributed by atoms with Gasteiger partial charge in [-0.15, -0.1) is 0 Å². The second kappa shape index (κ2) is 19.9. The average molecular weight is 817 g/mol. The molecule has 2 aliphatic heterocycles. The molecule has 3 rings (SSSR count). The minimum Gasteiger partial charge on any atom is -0.459 e. The summed E-state index contributed by atoms with van der Waals surface area (Å²) in [6.07, 6.45) is -0.524. The number of aliphatic hydroxyl groups excluding tert-OH is 2. The number of carbonyl (C=O) groups is 1. The number of rotatable bonds is 11. The van der Waals surface area contributed by atoms with Gasteiger partial charge in [0.15, 0.2) is 14.6 Å². The number of hydrogen-bond donors (Lipinski definition) is 3. The Kier molecular flexibility index (Phi) is 17.5. The van der Waals surface area contributed by atoms with E-state index in [9.17, 15) is 20.1 Å². The molecule has 1 aliphatic carbocycles. The number of carbonyl (C=O) groups excluding carboxylic acids is 1. The van der Waals surface area contributed by atoms with Gasteiger partial charge in [0, 0.05) is 43.7 Å². The number of hydrogen-bond acceptors (Lipinski definition) is 13. The van der Waals surface area contributed by atoms with Crippen LogP contribution in [-0.4, -0.2) is 133 Å². The van der Waals surface area contributed by atoms with Gasteiger partial charge in [0.25, 0.3) is 0 Å². The molecule has 3 N–H and O–H groups in total. The van der Waals surface area contributed by atoms with Crippen LogP contribution in [0.4, 0.5) is 0 Å². The number of likely N-dealkylation sites (N-methyl/N-ethyl adjacent to an activating group) is 1. The molecule has 14 heteroatoms. The maximum Gasteiger partial charge on any atom is 0.311 e. The van der Waals surface area contributed by atoms with Gasteiger partial charge in [-0.25, -0.2) is 0 Å². The van der Waals surface area contributed by atoms with Crippen molar-refractivity contribution in [1.82, 2.24) is 4.90 Å². The fourth-order valence-electron chi connectivity index (χ4n) is 9.17. The molecular formula is C42H80N2O11Si. The smallest absolute Gasteiger partial charge is 0.311 e. The van der Waals surface area contributed by atoms with Crippen molar-refractivity contribution < 1.29 is 53.1 Å². The third kappa shape index (κ3) is 12.0. The monoisotopic (exact) mass is 817 g/mol. The highest BCUT2D eigenvalue weighted by Gasteiger charge is 2.52. The molecule has 3 fully saturated rings. The molecule has 2 heterocycles. The van der Waals surface area contributed by atoms with Gasteiger partial charge in [0.2, 0.25) is 5.79 Å². The van der Waals surface area contributed by atoms with Crippen molar-refractivity contribution in [3.8, 4) is 0 Å². The number of methoxy groups -OCH3 is 1. The van der Waals surface area contributed by atoms with Gasteiger partial charge in [-0.1, -0.05) is 39.3 Å². The minimum atomic E-state index is -2.12. The van der Waals surface area contributed by atoms with Crippen LogP contribution < -0.4 is 0 Å². The lowest BCUT2D eigenvalue weighted by Gasteiger charge is -2.50. The van der Waals surface area contributed by atoms with E-state index in [1.165, 1.54) is 6.92 Å². The first kappa shape index (κ1) is 49.2. The fourth-order valence-corrected chi connectivity index (χ4v) is 10.3. The van der Waals surface area contributed by atoms with Crippen molar-refractivity contribution >= 4 is 20.0 Å². The van der Waals surface area contributed by atoms with E-state index in [1.54, 1.807) is 27.9 Å². The van der Waals surface area contributed by atoms with E-state index in [1.807, 2.05) is 55.6 Å². The van der Waals surface area contributed by atoms with Crippen molar-refractivity contribution in [3.63, 3.8) is 0 Å². The van der Waals surface area contributed by atoms with E-state index in [-0.39, 0.29) is 24.7 Å². The molecule has 2 saturated heterocycles. The predicted molar refractivity (Wildman–Crippen MR) is 220 cm³/mol. The van der Waals surface area contributed by atoms with Crippen molar-refractivity contribution in [2.24, 2.45) is 28.8 Å². The van der Waals surface area contributed by atoms with E-state index in [4.69, 9.17) is 38.1 Å². The number of aliphatic hydroxyl groups is 3. The summed E-state index contributed by atoms with van der Waals surface area (Å²) < 4.78 is 39.4. The Labute approximate surface area is 339 Å². The zero-order chi connectivity index (χ0) is 42.6. The van der Waals surface area contributed by atoms with E-state index in [2.05, 4.69) is 24.5 Å². The molecule has 0 aromatic carbocycles. The molecule has 14 atom stereocenters. The normalized spacial score (nSPS) is 41.7. The summed E-state index contributed by atoms with van der Waals surface area (Å²) in [6, 6.07) is -0.00648. The Morgan fingerprint density at radius 1 is 1.00 bits per heavy atom. The van der Waals surface area contributed by atoms with Gasteiger partial charge in [0.05, 0.1) is 47.8 Å². The summed E-state index contributed by atoms with van der Waals surface area (Å²) in [5, 5.41) is 40.9. The molecular weight excluding hydrogens is 737 g/mol. The van der Waals surface area contributed by atoms with E-state index in [0.717, 1.165) is 25.7 Å². The van der Waals surface area contributed by atoms with Gasteiger partial charge >= 0.3 is 5.97 Å². The molecule has 0 bridgehead atoms.